The Balaban J connectivity index is 4.14. The molecule has 0 heterocycles. The number of quaternary nitrogens is 1. The predicted octanol–water partition coefficient (Wildman–Crippen LogP) is 19.1. The smallest absolute Gasteiger partial charge is 0.361 e. The number of carbonyl (C=O) groups excluding carboxylic acids is 2. The summed E-state index contributed by atoms with van der Waals surface area (Å²) in [4.78, 5) is 37.5. The molecule has 0 spiro atoms. The number of carboxylic acids is 1. The topological polar surface area (TPSA) is 108 Å². The number of allylic oxidation sites excluding steroid dienone is 4. The van der Waals surface area contributed by atoms with Crippen LogP contribution in [0, 0.1) is 0 Å². The normalized spacial score (nSPS) is 12.8. The van der Waals surface area contributed by atoms with E-state index in [0.717, 1.165) is 44.9 Å². The van der Waals surface area contributed by atoms with Crippen LogP contribution in [-0.2, 0) is 33.3 Å². The first kappa shape index (κ1) is 71.8. The van der Waals surface area contributed by atoms with Gasteiger partial charge in [-0.25, -0.2) is 4.79 Å². The van der Waals surface area contributed by atoms with Gasteiger partial charge in [0.2, 0.25) is 0 Å². The highest BCUT2D eigenvalue weighted by atomic mass is 16.7. The molecule has 0 fully saturated rings. The van der Waals surface area contributed by atoms with Gasteiger partial charge in [-0.05, 0) is 44.9 Å². The van der Waals surface area contributed by atoms with Crippen LogP contribution < -0.4 is 0 Å². The van der Waals surface area contributed by atoms with Crippen molar-refractivity contribution >= 4 is 17.9 Å². The molecule has 0 bridgehead atoms. The highest BCUT2D eigenvalue weighted by Crippen LogP contribution is 2.18. The average molecular weight is 1050 g/mol. The number of likely N-dealkylation sites (N-methyl/N-ethyl adjacent to an activating group) is 1. The lowest BCUT2D eigenvalue weighted by molar-refractivity contribution is -0.870. The lowest BCUT2D eigenvalue weighted by Gasteiger charge is -2.25. The highest BCUT2D eigenvalue weighted by molar-refractivity contribution is 5.71. The molecule has 0 aromatic carbocycles. The molecule has 0 amide bonds. The Morgan fingerprint density at radius 1 is 0.405 bits per heavy atom. The summed E-state index contributed by atoms with van der Waals surface area (Å²) in [6.07, 6.45) is 65.5. The summed E-state index contributed by atoms with van der Waals surface area (Å²) in [6.45, 7) is 4.93. The van der Waals surface area contributed by atoms with Crippen LogP contribution in [-0.4, -0.2) is 87.4 Å². The van der Waals surface area contributed by atoms with Gasteiger partial charge >= 0.3 is 17.9 Å². The minimum Gasteiger partial charge on any atom is -0.477 e. The first-order valence-electron chi connectivity index (χ1n) is 32.0. The van der Waals surface area contributed by atoms with Crippen molar-refractivity contribution in [3.8, 4) is 0 Å². The maximum absolute atomic E-state index is 12.9. The average Bonchev–Trinajstić information content (AvgIpc) is 3.37. The number of hydrogen-bond donors (Lipinski definition) is 1. The third-order valence-corrected chi connectivity index (χ3v) is 14.5. The van der Waals surface area contributed by atoms with E-state index in [1.54, 1.807) is 0 Å². The molecule has 9 nitrogen and oxygen atoms in total. The van der Waals surface area contributed by atoms with Gasteiger partial charge < -0.3 is 28.5 Å². The first-order chi connectivity index (χ1) is 36.1. The van der Waals surface area contributed by atoms with E-state index in [2.05, 4.69) is 38.2 Å². The molecule has 0 aliphatic rings. The van der Waals surface area contributed by atoms with Crippen LogP contribution >= 0.6 is 0 Å². The fourth-order valence-corrected chi connectivity index (χ4v) is 9.52. The Kier molecular flexibility index (Phi) is 55.2. The molecular formula is C65H124NO8+. The fourth-order valence-electron chi connectivity index (χ4n) is 9.52. The molecular weight excluding hydrogens is 923 g/mol. The van der Waals surface area contributed by atoms with Crippen molar-refractivity contribution in [1.82, 2.24) is 0 Å². The van der Waals surface area contributed by atoms with Gasteiger partial charge in [0.15, 0.2) is 6.10 Å². The van der Waals surface area contributed by atoms with Crippen LogP contribution in [0.2, 0.25) is 0 Å². The Hall–Kier alpha value is -2.23. The predicted molar refractivity (Wildman–Crippen MR) is 314 cm³/mol. The van der Waals surface area contributed by atoms with Gasteiger partial charge in [0.1, 0.15) is 13.2 Å². The molecule has 2 unspecified atom stereocenters. The van der Waals surface area contributed by atoms with E-state index in [1.165, 1.54) is 244 Å². The lowest BCUT2D eigenvalue weighted by atomic mass is 10.0. The number of ether oxygens (including phenoxy) is 4. The summed E-state index contributed by atoms with van der Waals surface area (Å²) in [6, 6.07) is 0. The number of aliphatic carboxylic acids is 1. The molecule has 0 radical (unpaired) electrons. The number of nitrogens with zero attached hydrogens (tertiary/aromatic N) is 1. The second kappa shape index (κ2) is 57.0. The quantitative estimate of drug-likeness (QED) is 0.0211. The molecule has 74 heavy (non-hydrogen) atoms. The maximum Gasteiger partial charge on any atom is 0.361 e. The number of unbranched alkanes of at least 4 members (excludes halogenated alkanes) is 41. The second-order valence-electron chi connectivity index (χ2n) is 23.1. The molecule has 0 saturated carbocycles. The summed E-state index contributed by atoms with van der Waals surface area (Å²) >= 11 is 0. The summed E-state index contributed by atoms with van der Waals surface area (Å²) < 4.78 is 23.0. The van der Waals surface area contributed by atoms with E-state index in [1.807, 2.05) is 21.1 Å². The number of hydrogen-bond acceptors (Lipinski definition) is 7. The number of carbonyl (C=O) groups is 3. The third-order valence-electron chi connectivity index (χ3n) is 14.5. The summed E-state index contributed by atoms with van der Waals surface area (Å²) in [7, 11) is 5.98. The van der Waals surface area contributed by atoms with E-state index in [-0.39, 0.29) is 38.2 Å². The third kappa shape index (κ3) is 57.5. The van der Waals surface area contributed by atoms with Gasteiger partial charge in [0.25, 0.3) is 6.29 Å². The zero-order valence-corrected chi connectivity index (χ0v) is 49.8. The van der Waals surface area contributed by atoms with Crippen LogP contribution in [0.15, 0.2) is 24.3 Å². The minimum absolute atomic E-state index is 0.176. The van der Waals surface area contributed by atoms with Gasteiger partial charge in [0.05, 0.1) is 34.4 Å². The lowest BCUT2D eigenvalue weighted by Crippen LogP contribution is -2.40. The van der Waals surface area contributed by atoms with Gasteiger partial charge in [-0.15, -0.1) is 0 Å². The van der Waals surface area contributed by atoms with Gasteiger partial charge in [-0.2, -0.15) is 0 Å². The Morgan fingerprint density at radius 2 is 0.730 bits per heavy atom. The zero-order valence-electron chi connectivity index (χ0n) is 49.8. The molecule has 0 saturated heterocycles. The van der Waals surface area contributed by atoms with E-state index < -0.39 is 18.4 Å². The molecule has 0 aliphatic carbocycles. The largest absolute Gasteiger partial charge is 0.477 e. The SMILES string of the molecule is CCCCCCC/C=C\C/C=C\CCCCCCCCCCCCCCCC(=O)OC(COC(=O)CCCCCCCCCCCCCCCCCCCCCCCCCC)COC(OCC[N+](C)(C)C)C(=O)O. The molecule has 0 aromatic heterocycles. The monoisotopic (exact) mass is 1050 g/mol. The van der Waals surface area contributed by atoms with Crippen molar-refractivity contribution in [2.45, 2.75) is 328 Å². The van der Waals surface area contributed by atoms with Gasteiger partial charge in [0, 0.05) is 12.8 Å². The van der Waals surface area contributed by atoms with Crippen molar-refractivity contribution in [3.05, 3.63) is 24.3 Å². The molecule has 0 aromatic rings. The minimum atomic E-state index is -1.51. The van der Waals surface area contributed by atoms with Crippen molar-refractivity contribution < 1.29 is 42.9 Å². The Bertz CT molecular complexity index is 1260. The van der Waals surface area contributed by atoms with E-state index in [4.69, 9.17) is 18.9 Å². The van der Waals surface area contributed by atoms with Gasteiger partial charge in [-0.3, -0.25) is 9.59 Å². The van der Waals surface area contributed by atoms with Crippen LogP contribution in [0.5, 0.6) is 0 Å². The fraction of sp³-hybridized carbons (Fsp3) is 0.892. The van der Waals surface area contributed by atoms with Crippen molar-refractivity contribution in [2.24, 2.45) is 0 Å². The molecule has 0 aliphatic heterocycles. The van der Waals surface area contributed by atoms with Crippen molar-refractivity contribution in [1.29, 1.82) is 0 Å². The van der Waals surface area contributed by atoms with E-state index in [0.29, 0.717) is 17.4 Å². The Morgan fingerprint density at radius 3 is 1.07 bits per heavy atom. The Labute approximate surface area is 458 Å². The maximum atomic E-state index is 12.9. The van der Waals surface area contributed by atoms with Crippen molar-refractivity contribution in [2.75, 3.05) is 47.5 Å². The number of rotatable bonds is 60. The molecule has 436 valence electrons. The zero-order chi connectivity index (χ0) is 54.1. The van der Waals surface area contributed by atoms with E-state index in [9.17, 15) is 19.5 Å². The summed E-state index contributed by atoms with van der Waals surface area (Å²) in [5, 5.41) is 9.72. The second-order valence-corrected chi connectivity index (χ2v) is 23.1. The molecule has 9 heteroatoms. The molecule has 2 atom stereocenters. The first-order valence-corrected chi connectivity index (χ1v) is 32.0. The van der Waals surface area contributed by atoms with Crippen LogP contribution in [0.1, 0.15) is 316 Å². The standard InChI is InChI=1S/C65H123NO8/c1-6-8-10-12-14-16-18-20-22-24-26-28-30-32-34-36-38-40-42-44-46-48-50-52-54-56-63(68)74-61(60-73-65(64(69)70)71-58-57-66(3,4)5)59-72-62(67)55-53-51-49-47-45-43-41-39-37-35-33-31-29-27-25-23-21-19-17-15-13-11-9-7-2/h18,20,24,26,61,65H,6-17,19,21-23,25,27-60H2,1-5H3/p+1/b20-18-,26-24-. The summed E-state index contributed by atoms with van der Waals surface area (Å²) in [5.41, 5.74) is 0. The van der Waals surface area contributed by atoms with Crippen molar-refractivity contribution in [3.63, 3.8) is 0 Å². The summed E-state index contributed by atoms with van der Waals surface area (Å²) in [5.74, 6) is -1.98. The number of esters is 2. The molecule has 0 rings (SSSR count). The number of carboxylic acid groups (broad SMARTS) is 1. The van der Waals surface area contributed by atoms with E-state index >= 15 is 0 Å². The van der Waals surface area contributed by atoms with Crippen LogP contribution in [0.3, 0.4) is 0 Å². The highest BCUT2D eigenvalue weighted by Gasteiger charge is 2.25. The van der Waals surface area contributed by atoms with Crippen LogP contribution in [0.25, 0.3) is 0 Å². The van der Waals surface area contributed by atoms with Gasteiger partial charge in [-0.1, -0.05) is 282 Å². The van der Waals surface area contributed by atoms with Crippen LogP contribution in [0.4, 0.5) is 0 Å². The molecule has 1 N–H and O–H groups in total.